The highest BCUT2D eigenvalue weighted by Crippen LogP contribution is 2.13. The molecule has 0 saturated carbocycles. The van der Waals surface area contributed by atoms with E-state index < -0.39 is 0 Å². The summed E-state index contributed by atoms with van der Waals surface area (Å²) in [4.78, 5) is 19.8. The summed E-state index contributed by atoms with van der Waals surface area (Å²) in [5.41, 5.74) is 1.05. The van der Waals surface area contributed by atoms with Crippen molar-refractivity contribution in [2.24, 2.45) is 0 Å². The minimum atomic E-state index is -0.0514. The van der Waals surface area contributed by atoms with Gasteiger partial charge in [-0.15, -0.1) is 0 Å². The molecular formula is C13H12BrN3O. The van der Waals surface area contributed by atoms with Crippen molar-refractivity contribution in [1.82, 2.24) is 9.97 Å². The van der Waals surface area contributed by atoms with Gasteiger partial charge in [-0.1, -0.05) is 22.0 Å². The van der Waals surface area contributed by atoms with E-state index in [0.29, 0.717) is 18.7 Å². The number of hydrogen-bond acceptors (Lipinski definition) is 3. The van der Waals surface area contributed by atoms with Crippen molar-refractivity contribution in [3.05, 3.63) is 52.9 Å². The number of rotatable bonds is 4. The van der Waals surface area contributed by atoms with Gasteiger partial charge in [0.2, 0.25) is 5.91 Å². The molecule has 1 amide bonds. The second kappa shape index (κ2) is 6.26. The van der Waals surface area contributed by atoms with Gasteiger partial charge in [-0.3, -0.25) is 9.78 Å². The molecule has 18 heavy (non-hydrogen) atoms. The van der Waals surface area contributed by atoms with E-state index in [1.54, 1.807) is 24.7 Å². The molecule has 2 aromatic rings. The molecule has 0 bridgehead atoms. The second-order valence-electron chi connectivity index (χ2n) is 3.77. The lowest BCUT2D eigenvalue weighted by Gasteiger charge is -2.04. The molecule has 0 atom stereocenters. The highest BCUT2D eigenvalue weighted by Gasteiger charge is 2.04. The van der Waals surface area contributed by atoms with Gasteiger partial charge >= 0.3 is 0 Å². The van der Waals surface area contributed by atoms with Crippen molar-refractivity contribution in [3.63, 3.8) is 0 Å². The number of amides is 1. The predicted octanol–water partition coefficient (Wildman–Crippen LogP) is 2.81. The maximum atomic E-state index is 11.7. The van der Waals surface area contributed by atoms with Crippen molar-refractivity contribution in [2.75, 3.05) is 5.32 Å². The van der Waals surface area contributed by atoms with E-state index in [1.807, 2.05) is 18.2 Å². The Bertz CT molecular complexity index is 531. The fourth-order valence-corrected chi connectivity index (χ4v) is 1.82. The van der Waals surface area contributed by atoms with Crippen LogP contribution in [0, 0.1) is 0 Å². The van der Waals surface area contributed by atoms with Crippen LogP contribution in [0.15, 0.2) is 47.3 Å². The smallest absolute Gasteiger partial charge is 0.225 e. The Morgan fingerprint density at radius 2 is 2.22 bits per heavy atom. The van der Waals surface area contributed by atoms with Gasteiger partial charge in [0.05, 0.1) is 0 Å². The quantitative estimate of drug-likeness (QED) is 0.945. The van der Waals surface area contributed by atoms with Crippen molar-refractivity contribution >= 4 is 27.7 Å². The fourth-order valence-electron chi connectivity index (χ4n) is 1.48. The fraction of sp³-hybridized carbons (Fsp3) is 0.154. The van der Waals surface area contributed by atoms with Gasteiger partial charge in [0.15, 0.2) is 0 Å². The van der Waals surface area contributed by atoms with Crippen LogP contribution < -0.4 is 5.32 Å². The average molecular weight is 306 g/mol. The molecule has 1 N–H and O–H groups in total. The molecule has 92 valence electrons. The van der Waals surface area contributed by atoms with E-state index in [2.05, 4.69) is 31.2 Å². The van der Waals surface area contributed by atoms with E-state index in [0.717, 1.165) is 10.0 Å². The Kier molecular flexibility index (Phi) is 4.41. The Morgan fingerprint density at radius 3 is 2.94 bits per heavy atom. The van der Waals surface area contributed by atoms with Gasteiger partial charge in [0.25, 0.3) is 0 Å². The molecule has 0 unspecified atom stereocenters. The number of nitrogens with one attached hydrogen (secondary N) is 1. The van der Waals surface area contributed by atoms with Crippen molar-refractivity contribution in [2.45, 2.75) is 12.8 Å². The molecule has 0 saturated heterocycles. The van der Waals surface area contributed by atoms with Gasteiger partial charge in [0.1, 0.15) is 5.82 Å². The third-order valence-corrected chi connectivity index (χ3v) is 2.85. The number of carbonyl (C=O) groups is 1. The summed E-state index contributed by atoms with van der Waals surface area (Å²) in [5.74, 6) is 0.505. The predicted molar refractivity (Wildman–Crippen MR) is 73.1 cm³/mol. The lowest BCUT2D eigenvalue weighted by Crippen LogP contribution is -2.13. The summed E-state index contributed by atoms with van der Waals surface area (Å²) in [6.07, 6.45) is 6.22. The lowest BCUT2D eigenvalue weighted by atomic mass is 10.1. The van der Waals surface area contributed by atoms with E-state index >= 15 is 0 Å². The van der Waals surface area contributed by atoms with Crippen LogP contribution in [0.2, 0.25) is 0 Å². The van der Waals surface area contributed by atoms with Crippen LogP contribution in [-0.4, -0.2) is 15.9 Å². The third kappa shape index (κ3) is 3.92. The summed E-state index contributed by atoms with van der Waals surface area (Å²) in [7, 11) is 0. The first-order valence-electron chi connectivity index (χ1n) is 5.54. The monoisotopic (exact) mass is 305 g/mol. The zero-order valence-electron chi connectivity index (χ0n) is 9.64. The van der Waals surface area contributed by atoms with Gasteiger partial charge < -0.3 is 5.32 Å². The zero-order valence-corrected chi connectivity index (χ0v) is 11.2. The highest BCUT2D eigenvalue weighted by molar-refractivity contribution is 9.10. The molecule has 0 radical (unpaired) electrons. The summed E-state index contributed by atoms with van der Waals surface area (Å²) in [6, 6.07) is 7.40. The molecule has 2 heterocycles. The molecule has 2 aromatic heterocycles. The molecule has 2 rings (SSSR count). The van der Waals surface area contributed by atoms with Gasteiger partial charge in [-0.05, 0) is 30.2 Å². The minimum Gasteiger partial charge on any atom is -0.311 e. The SMILES string of the molecule is O=C(CCc1cccnc1)Nc1cc(Br)ccn1. The number of hydrogen-bond donors (Lipinski definition) is 1. The Hall–Kier alpha value is -1.75. The number of anilines is 1. The molecular weight excluding hydrogens is 294 g/mol. The first-order valence-corrected chi connectivity index (χ1v) is 6.33. The third-order valence-electron chi connectivity index (χ3n) is 2.35. The molecule has 0 aromatic carbocycles. The Labute approximate surface area is 114 Å². The molecule has 5 heteroatoms. The molecule has 0 fully saturated rings. The number of aryl methyl sites for hydroxylation is 1. The summed E-state index contributed by atoms with van der Waals surface area (Å²) in [5, 5.41) is 2.75. The number of nitrogens with zero attached hydrogens (tertiary/aromatic N) is 2. The second-order valence-corrected chi connectivity index (χ2v) is 4.68. The van der Waals surface area contributed by atoms with Crippen LogP contribution in [0.5, 0.6) is 0 Å². The van der Waals surface area contributed by atoms with Gasteiger partial charge in [0, 0.05) is 29.5 Å². The van der Waals surface area contributed by atoms with Crippen LogP contribution in [0.25, 0.3) is 0 Å². The van der Waals surface area contributed by atoms with Crippen LogP contribution in [-0.2, 0) is 11.2 Å². The maximum absolute atomic E-state index is 11.7. The number of halogens is 1. The minimum absolute atomic E-state index is 0.0514. The highest BCUT2D eigenvalue weighted by atomic mass is 79.9. The van der Waals surface area contributed by atoms with Crippen molar-refractivity contribution in [3.8, 4) is 0 Å². The first kappa shape index (κ1) is 12.7. The topological polar surface area (TPSA) is 54.9 Å². The first-order chi connectivity index (χ1) is 8.74. The Balaban J connectivity index is 1.86. The van der Waals surface area contributed by atoms with E-state index in [1.165, 1.54) is 0 Å². The normalized spacial score (nSPS) is 10.1. The number of carbonyl (C=O) groups excluding carboxylic acids is 1. The van der Waals surface area contributed by atoms with Gasteiger partial charge in [-0.25, -0.2) is 4.98 Å². The number of aromatic nitrogens is 2. The van der Waals surface area contributed by atoms with E-state index in [9.17, 15) is 4.79 Å². The maximum Gasteiger partial charge on any atom is 0.225 e. The standard InChI is InChI=1S/C13H12BrN3O/c14-11-5-7-16-12(8-11)17-13(18)4-3-10-2-1-6-15-9-10/h1-2,5-9H,3-4H2,(H,16,17,18). The molecule has 0 aliphatic rings. The van der Waals surface area contributed by atoms with Crippen LogP contribution in [0.4, 0.5) is 5.82 Å². The van der Waals surface area contributed by atoms with Crippen LogP contribution in [0.3, 0.4) is 0 Å². The molecule has 4 nitrogen and oxygen atoms in total. The summed E-state index contributed by atoms with van der Waals surface area (Å²) < 4.78 is 0.889. The zero-order chi connectivity index (χ0) is 12.8. The van der Waals surface area contributed by atoms with Crippen molar-refractivity contribution < 1.29 is 4.79 Å². The number of pyridine rings is 2. The molecule has 0 spiro atoms. The van der Waals surface area contributed by atoms with E-state index in [-0.39, 0.29) is 5.91 Å². The molecule has 0 aliphatic carbocycles. The van der Waals surface area contributed by atoms with Crippen LogP contribution >= 0.6 is 15.9 Å². The average Bonchev–Trinajstić information content (AvgIpc) is 2.38. The molecule has 0 aliphatic heterocycles. The van der Waals surface area contributed by atoms with Gasteiger partial charge in [-0.2, -0.15) is 0 Å². The van der Waals surface area contributed by atoms with E-state index in [4.69, 9.17) is 0 Å². The summed E-state index contributed by atoms with van der Waals surface area (Å²) >= 11 is 3.33. The van der Waals surface area contributed by atoms with Crippen LogP contribution in [0.1, 0.15) is 12.0 Å². The van der Waals surface area contributed by atoms with Crippen molar-refractivity contribution in [1.29, 1.82) is 0 Å². The Morgan fingerprint density at radius 1 is 1.33 bits per heavy atom. The largest absolute Gasteiger partial charge is 0.311 e. The lowest BCUT2D eigenvalue weighted by molar-refractivity contribution is -0.116. The summed E-state index contributed by atoms with van der Waals surface area (Å²) in [6.45, 7) is 0.